The molecule has 0 saturated heterocycles. The minimum Gasteiger partial charge on any atom is -0.466 e. The van der Waals surface area contributed by atoms with Crippen LogP contribution in [0.5, 0.6) is 0 Å². The quantitative estimate of drug-likeness (QED) is 0.530. The summed E-state index contributed by atoms with van der Waals surface area (Å²) in [6.45, 7) is 3.65. The Morgan fingerprint density at radius 3 is 1.67 bits per heavy atom. The Bertz CT molecular complexity index is 73.8. The summed E-state index contributed by atoms with van der Waals surface area (Å²) >= 11 is 9.53. The summed E-state index contributed by atoms with van der Waals surface area (Å²) in [5.41, 5.74) is 0. The highest BCUT2D eigenvalue weighted by Gasteiger charge is 1.81. The number of alkyl halides is 2. The molecule has 12 heavy (non-hydrogen) atoms. The van der Waals surface area contributed by atoms with Crippen molar-refractivity contribution >= 4 is 29.2 Å². The topological polar surface area (TPSA) is 77.0 Å². The van der Waals surface area contributed by atoms with Gasteiger partial charge in [0.05, 0.1) is 11.9 Å². The van der Waals surface area contributed by atoms with E-state index in [-0.39, 0.29) is 17.5 Å². The third-order valence-electron chi connectivity index (χ3n) is 0.348. The Labute approximate surface area is 83.4 Å². The standard InChI is InChI=1S/C4H8O2.CH2Cl2.CH4O.N/c1-3-6-4(2)5;2-1-3;1-2;/h3H2,1-2H3;1H2;2H,1H3;. The highest BCUT2D eigenvalue weighted by molar-refractivity contribution is 6.40. The predicted molar refractivity (Wildman–Crippen MR) is 49.2 cm³/mol. The molecular formula is C6H14Cl2NO3. The van der Waals surface area contributed by atoms with Gasteiger partial charge in [-0.3, -0.25) is 4.79 Å². The predicted octanol–water partition coefficient (Wildman–Crippen LogP) is 1.12. The van der Waals surface area contributed by atoms with Crippen molar-refractivity contribution in [3.8, 4) is 0 Å². The fourth-order valence-corrected chi connectivity index (χ4v) is 0.203. The summed E-state index contributed by atoms with van der Waals surface area (Å²) < 4.78 is 4.40. The van der Waals surface area contributed by atoms with Gasteiger partial charge in [-0.15, -0.1) is 23.2 Å². The van der Waals surface area contributed by atoms with Crippen molar-refractivity contribution in [1.29, 1.82) is 0 Å². The Morgan fingerprint density at radius 2 is 1.67 bits per heavy atom. The van der Waals surface area contributed by atoms with Gasteiger partial charge < -0.3 is 9.84 Å². The molecule has 0 saturated carbocycles. The molecule has 0 amide bonds. The Hall–Kier alpha value is -0.0300. The molecule has 0 aromatic heterocycles. The SMILES string of the molecule is CCOC(C)=O.CO.ClCCl.[N]. The van der Waals surface area contributed by atoms with Crippen LogP contribution >= 0.6 is 23.2 Å². The van der Waals surface area contributed by atoms with Crippen molar-refractivity contribution in [3.05, 3.63) is 0 Å². The molecule has 0 aliphatic heterocycles. The Morgan fingerprint density at radius 1 is 1.42 bits per heavy atom. The number of hydrogen-bond donors (Lipinski definition) is 1. The van der Waals surface area contributed by atoms with Crippen LogP contribution in [0.25, 0.3) is 0 Å². The Balaban J connectivity index is -0.0000000462. The number of esters is 1. The third-order valence-corrected chi connectivity index (χ3v) is 0.348. The van der Waals surface area contributed by atoms with E-state index in [1.807, 2.05) is 0 Å². The molecule has 0 fully saturated rings. The first-order valence-electron chi connectivity index (χ1n) is 2.89. The van der Waals surface area contributed by atoms with Crippen molar-refractivity contribution in [2.45, 2.75) is 13.8 Å². The van der Waals surface area contributed by atoms with Crippen LogP contribution in [0.2, 0.25) is 0 Å². The maximum absolute atomic E-state index is 9.82. The van der Waals surface area contributed by atoms with Crippen LogP contribution in [0.1, 0.15) is 13.8 Å². The molecule has 0 spiro atoms. The lowest BCUT2D eigenvalue weighted by atomic mass is 10.8. The lowest BCUT2D eigenvalue weighted by Gasteiger charge is -1.89. The van der Waals surface area contributed by atoms with E-state index in [9.17, 15) is 4.79 Å². The second kappa shape index (κ2) is 30.6. The molecule has 1 N–H and O–H groups in total. The second-order valence-corrected chi connectivity index (χ2v) is 1.83. The molecule has 6 heteroatoms. The van der Waals surface area contributed by atoms with Gasteiger partial charge >= 0.3 is 5.97 Å². The molecule has 0 unspecified atom stereocenters. The lowest BCUT2D eigenvalue weighted by Crippen LogP contribution is -1.95. The summed E-state index contributed by atoms with van der Waals surface area (Å²) in [5, 5.41) is 7.19. The lowest BCUT2D eigenvalue weighted by molar-refractivity contribution is -0.140. The number of carbonyl (C=O) groups is 1. The molecule has 4 nitrogen and oxygen atoms in total. The summed E-state index contributed by atoms with van der Waals surface area (Å²) in [7, 11) is 1.00. The van der Waals surface area contributed by atoms with Crippen LogP contribution < -0.4 is 6.15 Å². The van der Waals surface area contributed by atoms with Crippen LogP contribution in [-0.4, -0.2) is 30.1 Å². The molecule has 0 aliphatic carbocycles. The third kappa shape index (κ3) is 90.9. The van der Waals surface area contributed by atoms with Gasteiger partial charge in [0.2, 0.25) is 0 Å². The van der Waals surface area contributed by atoms with Crippen molar-refractivity contribution < 1.29 is 14.6 Å². The van der Waals surface area contributed by atoms with Crippen molar-refractivity contribution in [2.24, 2.45) is 0 Å². The van der Waals surface area contributed by atoms with Crippen LogP contribution in [-0.2, 0) is 9.53 Å². The fourth-order valence-electron chi connectivity index (χ4n) is 0.203. The van der Waals surface area contributed by atoms with Crippen molar-refractivity contribution in [2.75, 3.05) is 19.1 Å². The van der Waals surface area contributed by atoms with E-state index in [0.29, 0.717) is 6.61 Å². The van der Waals surface area contributed by atoms with Gasteiger partial charge in [0.25, 0.3) is 0 Å². The van der Waals surface area contributed by atoms with E-state index in [0.717, 1.165) is 7.11 Å². The van der Waals surface area contributed by atoms with E-state index in [4.69, 9.17) is 28.3 Å². The summed E-state index contributed by atoms with van der Waals surface area (Å²) in [5.74, 6) is -0.211. The molecule has 0 rings (SSSR count). The van der Waals surface area contributed by atoms with E-state index >= 15 is 0 Å². The highest BCUT2D eigenvalue weighted by atomic mass is 35.5. The zero-order chi connectivity index (χ0) is 9.70. The summed E-state index contributed by atoms with van der Waals surface area (Å²) in [6, 6.07) is 0. The molecule has 3 radical (unpaired) electrons. The average molecular weight is 219 g/mol. The number of hydrogen-bond acceptors (Lipinski definition) is 3. The van der Waals surface area contributed by atoms with E-state index in [1.165, 1.54) is 6.92 Å². The molecule has 0 heterocycles. The number of rotatable bonds is 1. The van der Waals surface area contributed by atoms with Gasteiger partial charge in [0, 0.05) is 20.2 Å². The van der Waals surface area contributed by atoms with Crippen LogP contribution in [0.15, 0.2) is 0 Å². The minimum absolute atomic E-state index is 0. The van der Waals surface area contributed by atoms with Gasteiger partial charge in [0.15, 0.2) is 0 Å². The number of nitrogens with zero attached hydrogens (tertiary/aromatic N) is 1. The number of ether oxygens (including phenoxy) is 1. The van der Waals surface area contributed by atoms with Gasteiger partial charge in [-0.05, 0) is 6.92 Å². The zero-order valence-corrected chi connectivity index (χ0v) is 8.89. The molecule has 0 aromatic rings. The van der Waals surface area contributed by atoms with E-state index in [2.05, 4.69) is 4.74 Å². The maximum Gasteiger partial charge on any atom is 0.302 e. The van der Waals surface area contributed by atoms with Gasteiger partial charge in [-0.1, -0.05) is 0 Å². The second-order valence-electron chi connectivity index (χ2n) is 1.03. The monoisotopic (exact) mass is 218 g/mol. The first-order chi connectivity index (χ1) is 5.18. The molecule has 0 atom stereocenters. The van der Waals surface area contributed by atoms with Crippen LogP contribution in [0.3, 0.4) is 0 Å². The van der Waals surface area contributed by atoms with Gasteiger partial charge in [-0.25, -0.2) is 0 Å². The van der Waals surface area contributed by atoms with Crippen LogP contribution in [0, 0.1) is 0 Å². The smallest absolute Gasteiger partial charge is 0.302 e. The van der Waals surface area contributed by atoms with E-state index < -0.39 is 0 Å². The number of aliphatic hydroxyl groups is 1. The number of aliphatic hydroxyl groups excluding tert-OH is 1. The Kier molecular flexibility index (Phi) is 57.8. The van der Waals surface area contributed by atoms with Crippen LogP contribution in [0.4, 0.5) is 0 Å². The first kappa shape index (κ1) is 22.7. The van der Waals surface area contributed by atoms with E-state index in [1.54, 1.807) is 6.92 Å². The zero-order valence-electron chi connectivity index (χ0n) is 7.38. The maximum atomic E-state index is 9.82. The summed E-state index contributed by atoms with van der Waals surface area (Å²) in [6.07, 6.45) is 0. The molecular weight excluding hydrogens is 205 g/mol. The van der Waals surface area contributed by atoms with Gasteiger partial charge in [-0.2, -0.15) is 0 Å². The minimum atomic E-state index is -0.211. The molecule has 0 aliphatic rings. The largest absolute Gasteiger partial charge is 0.466 e. The van der Waals surface area contributed by atoms with Crippen molar-refractivity contribution in [1.82, 2.24) is 6.15 Å². The van der Waals surface area contributed by atoms with Gasteiger partial charge in [0.1, 0.15) is 0 Å². The number of carbonyl (C=O) groups excluding carboxylic acids is 1. The highest BCUT2D eigenvalue weighted by Crippen LogP contribution is 1.73. The molecule has 0 aromatic carbocycles. The molecule has 75 valence electrons. The normalized spacial score (nSPS) is 5.83. The molecule has 0 bridgehead atoms. The number of halogens is 2. The fraction of sp³-hybridized carbons (Fsp3) is 0.833. The summed E-state index contributed by atoms with van der Waals surface area (Å²) in [4.78, 5) is 9.82. The van der Waals surface area contributed by atoms with Crippen molar-refractivity contribution in [3.63, 3.8) is 0 Å². The average Bonchev–Trinajstić information content (AvgIpc) is 1.93. The first-order valence-corrected chi connectivity index (χ1v) is 3.95.